The van der Waals surface area contributed by atoms with Gasteiger partial charge < -0.3 is 19.4 Å². The van der Waals surface area contributed by atoms with E-state index in [9.17, 15) is 4.79 Å². The molecule has 3 aliphatic heterocycles. The number of hydrogen-bond donors (Lipinski definition) is 0. The van der Waals surface area contributed by atoms with E-state index in [0.717, 1.165) is 79.0 Å². The summed E-state index contributed by atoms with van der Waals surface area (Å²) in [6.07, 6.45) is 2.81. The molecule has 1 aromatic carbocycles. The molecule has 0 bridgehead atoms. The molecule has 3 aliphatic rings. The van der Waals surface area contributed by atoms with Gasteiger partial charge in [0.2, 0.25) is 0 Å². The lowest BCUT2D eigenvalue weighted by Gasteiger charge is -2.37. The zero-order valence-corrected chi connectivity index (χ0v) is 20.8. The fourth-order valence-corrected chi connectivity index (χ4v) is 6.30. The van der Waals surface area contributed by atoms with Crippen LogP contribution in [0.25, 0.3) is 10.1 Å². The molecule has 35 heavy (non-hydrogen) atoms. The third-order valence-corrected chi connectivity index (χ3v) is 8.45. The van der Waals surface area contributed by atoms with Crippen LogP contribution in [0.5, 0.6) is 0 Å². The van der Waals surface area contributed by atoms with Gasteiger partial charge in [-0.05, 0) is 42.5 Å². The fraction of sp³-hybridized carbons (Fsp3) is 0.500. The Bertz CT molecular complexity index is 1110. The first kappa shape index (κ1) is 22.7. The van der Waals surface area contributed by atoms with Crippen molar-refractivity contribution >= 4 is 39.0 Å². The topological polar surface area (TPSA) is 65.0 Å². The summed E-state index contributed by atoms with van der Waals surface area (Å²) >= 11 is 1.58. The summed E-state index contributed by atoms with van der Waals surface area (Å²) < 4.78 is 6.95. The van der Waals surface area contributed by atoms with Crippen molar-refractivity contribution in [1.82, 2.24) is 20.0 Å². The van der Waals surface area contributed by atoms with Crippen LogP contribution in [0.1, 0.15) is 22.5 Å². The molecule has 0 saturated carbocycles. The Kier molecular flexibility index (Phi) is 6.54. The lowest BCUT2D eigenvalue weighted by molar-refractivity contribution is 0.0712. The van der Waals surface area contributed by atoms with Gasteiger partial charge in [0.05, 0.1) is 11.0 Å². The standard InChI is InChI=1S/C26H32N6O2S/c33-26(23-18-20-4-1-2-6-22(20)35-23)32-15-13-31(14-16-32)25-8-7-24(27-28-25)30-11-9-29(10-12-30)19-21-5-3-17-34-21/h1-2,4,6-8,18,21H,3,5,9-17,19H2. The second-order valence-electron chi connectivity index (χ2n) is 9.60. The van der Waals surface area contributed by atoms with Crippen LogP contribution >= 0.6 is 11.3 Å². The number of carbonyl (C=O) groups excluding carboxylic acids is 1. The Hall–Kier alpha value is -2.75. The molecule has 0 aliphatic carbocycles. The molecule has 5 heterocycles. The highest BCUT2D eigenvalue weighted by atomic mass is 32.1. The number of rotatable bonds is 5. The second-order valence-corrected chi connectivity index (χ2v) is 10.7. The van der Waals surface area contributed by atoms with Gasteiger partial charge in [-0.3, -0.25) is 9.69 Å². The van der Waals surface area contributed by atoms with Crippen LogP contribution in [0.15, 0.2) is 42.5 Å². The summed E-state index contributed by atoms with van der Waals surface area (Å²) in [7, 11) is 0. The molecule has 3 fully saturated rings. The van der Waals surface area contributed by atoms with E-state index in [4.69, 9.17) is 4.74 Å². The van der Waals surface area contributed by atoms with E-state index >= 15 is 0 Å². The third-order valence-electron chi connectivity index (χ3n) is 7.35. The van der Waals surface area contributed by atoms with E-state index in [-0.39, 0.29) is 5.91 Å². The smallest absolute Gasteiger partial charge is 0.264 e. The first-order chi connectivity index (χ1) is 17.2. The average molecular weight is 493 g/mol. The largest absolute Gasteiger partial charge is 0.377 e. The Morgan fingerprint density at radius 3 is 2.23 bits per heavy atom. The van der Waals surface area contributed by atoms with E-state index in [1.807, 2.05) is 23.1 Å². The Morgan fingerprint density at radius 1 is 0.914 bits per heavy atom. The molecule has 2 aromatic heterocycles. The van der Waals surface area contributed by atoms with Crippen LogP contribution in [0.3, 0.4) is 0 Å². The monoisotopic (exact) mass is 492 g/mol. The molecule has 0 spiro atoms. The lowest BCUT2D eigenvalue weighted by atomic mass is 10.2. The molecule has 1 atom stereocenters. The fourth-order valence-electron chi connectivity index (χ4n) is 5.27. The van der Waals surface area contributed by atoms with Gasteiger partial charge in [-0.1, -0.05) is 18.2 Å². The molecule has 3 saturated heterocycles. The maximum absolute atomic E-state index is 13.0. The second kappa shape index (κ2) is 10.1. The Labute approximate surface area is 210 Å². The molecule has 3 aromatic rings. The maximum Gasteiger partial charge on any atom is 0.264 e. The van der Waals surface area contributed by atoms with Gasteiger partial charge in [-0.15, -0.1) is 21.5 Å². The minimum atomic E-state index is 0.130. The Balaban J connectivity index is 1.00. The van der Waals surface area contributed by atoms with E-state index in [1.54, 1.807) is 11.3 Å². The molecule has 0 radical (unpaired) electrons. The minimum Gasteiger partial charge on any atom is -0.377 e. The summed E-state index contributed by atoms with van der Waals surface area (Å²) in [6, 6.07) is 14.3. The molecule has 9 heteroatoms. The predicted octanol–water partition coefficient (Wildman–Crippen LogP) is 2.95. The zero-order valence-electron chi connectivity index (χ0n) is 20.0. The van der Waals surface area contributed by atoms with Gasteiger partial charge in [0.1, 0.15) is 0 Å². The third kappa shape index (κ3) is 4.98. The molecule has 6 rings (SSSR count). The minimum absolute atomic E-state index is 0.130. The number of hydrogen-bond acceptors (Lipinski definition) is 8. The van der Waals surface area contributed by atoms with Gasteiger partial charge in [0.15, 0.2) is 11.6 Å². The van der Waals surface area contributed by atoms with Crippen molar-refractivity contribution in [3.05, 3.63) is 47.3 Å². The zero-order chi connectivity index (χ0) is 23.6. The average Bonchev–Trinajstić information content (AvgIpc) is 3.59. The molecular weight excluding hydrogens is 460 g/mol. The van der Waals surface area contributed by atoms with Crippen molar-refractivity contribution in [3.8, 4) is 0 Å². The highest BCUT2D eigenvalue weighted by Crippen LogP contribution is 2.27. The van der Waals surface area contributed by atoms with Crippen molar-refractivity contribution in [2.75, 3.05) is 75.3 Å². The molecule has 8 nitrogen and oxygen atoms in total. The normalized spacial score (nSPS) is 21.7. The number of nitrogens with zero attached hydrogens (tertiary/aromatic N) is 6. The van der Waals surface area contributed by atoms with Gasteiger partial charge in [-0.2, -0.15) is 0 Å². The van der Waals surface area contributed by atoms with Crippen molar-refractivity contribution < 1.29 is 9.53 Å². The van der Waals surface area contributed by atoms with E-state index < -0.39 is 0 Å². The first-order valence-corrected chi connectivity index (χ1v) is 13.5. The summed E-state index contributed by atoms with van der Waals surface area (Å²) in [5.74, 6) is 1.97. The number of benzene rings is 1. The van der Waals surface area contributed by atoms with E-state index in [0.29, 0.717) is 19.2 Å². The van der Waals surface area contributed by atoms with Crippen LogP contribution in [0, 0.1) is 0 Å². The number of thiophene rings is 1. The summed E-state index contributed by atoms with van der Waals surface area (Å²) in [5.41, 5.74) is 0. The molecular formula is C26H32N6O2S. The van der Waals surface area contributed by atoms with Gasteiger partial charge in [-0.25, -0.2) is 0 Å². The highest BCUT2D eigenvalue weighted by molar-refractivity contribution is 7.20. The van der Waals surface area contributed by atoms with Crippen LogP contribution in [0.4, 0.5) is 11.6 Å². The van der Waals surface area contributed by atoms with E-state index in [1.165, 1.54) is 12.8 Å². The van der Waals surface area contributed by atoms with Crippen LogP contribution in [-0.4, -0.2) is 97.5 Å². The van der Waals surface area contributed by atoms with Gasteiger partial charge in [0.25, 0.3) is 5.91 Å². The van der Waals surface area contributed by atoms with E-state index in [2.05, 4.69) is 49.2 Å². The summed E-state index contributed by atoms with van der Waals surface area (Å²) in [5, 5.41) is 10.2. The number of carbonyl (C=O) groups is 1. The Morgan fingerprint density at radius 2 is 1.60 bits per heavy atom. The number of ether oxygens (including phenoxy) is 1. The first-order valence-electron chi connectivity index (χ1n) is 12.7. The summed E-state index contributed by atoms with van der Waals surface area (Å²) in [6.45, 7) is 8.93. The highest BCUT2D eigenvalue weighted by Gasteiger charge is 2.26. The molecule has 1 amide bonds. The molecule has 1 unspecified atom stereocenters. The van der Waals surface area contributed by atoms with Gasteiger partial charge in [0, 0.05) is 70.2 Å². The quantitative estimate of drug-likeness (QED) is 0.543. The van der Waals surface area contributed by atoms with Crippen LogP contribution in [0.2, 0.25) is 0 Å². The SMILES string of the molecule is O=C(c1cc2ccccc2s1)N1CCN(c2ccc(N3CCN(CC4CCCO4)CC3)nn2)CC1. The molecule has 184 valence electrons. The number of anilines is 2. The summed E-state index contributed by atoms with van der Waals surface area (Å²) in [4.78, 5) is 22.9. The van der Waals surface area contributed by atoms with Gasteiger partial charge >= 0.3 is 0 Å². The van der Waals surface area contributed by atoms with Crippen molar-refractivity contribution in [1.29, 1.82) is 0 Å². The maximum atomic E-state index is 13.0. The number of piperazine rings is 2. The van der Waals surface area contributed by atoms with Crippen molar-refractivity contribution in [3.63, 3.8) is 0 Å². The van der Waals surface area contributed by atoms with Crippen LogP contribution < -0.4 is 9.80 Å². The number of fused-ring (bicyclic) bond motifs is 1. The van der Waals surface area contributed by atoms with Crippen molar-refractivity contribution in [2.24, 2.45) is 0 Å². The predicted molar refractivity (Wildman–Crippen MR) is 140 cm³/mol. The lowest BCUT2D eigenvalue weighted by Crippen LogP contribution is -2.49. The number of amides is 1. The van der Waals surface area contributed by atoms with Crippen LogP contribution in [-0.2, 0) is 4.74 Å². The van der Waals surface area contributed by atoms with Crippen molar-refractivity contribution in [2.45, 2.75) is 18.9 Å². The number of aromatic nitrogens is 2. The molecule has 0 N–H and O–H groups in total.